The molecule has 8 heteroatoms. The van der Waals surface area contributed by atoms with E-state index in [1.807, 2.05) is 0 Å². The number of benzene rings is 2. The molecule has 0 spiro atoms. The molecule has 178 valence electrons. The molecule has 33 heavy (non-hydrogen) atoms. The number of carbonyl (C=O) groups is 2. The van der Waals surface area contributed by atoms with E-state index in [4.69, 9.17) is 23.2 Å². The maximum absolute atomic E-state index is 13.2. The number of halogens is 3. The van der Waals surface area contributed by atoms with Crippen LogP contribution in [0.2, 0.25) is 10.0 Å². The minimum Gasteiger partial charge on any atom is -0.352 e. The maximum atomic E-state index is 13.2. The summed E-state index contributed by atoms with van der Waals surface area (Å²) < 4.78 is 13.1. The first kappa shape index (κ1) is 25.9. The summed E-state index contributed by atoms with van der Waals surface area (Å²) in [5, 5.41) is 4.03. The van der Waals surface area contributed by atoms with Crippen LogP contribution in [0, 0.1) is 5.82 Å². The molecule has 0 aliphatic heterocycles. The summed E-state index contributed by atoms with van der Waals surface area (Å²) in [6.07, 6.45) is 5.35. The summed E-state index contributed by atoms with van der Waals surface area (Å²) in [6, 6.07) is 10.9. The van der Waals surface area contributed by atoms with Crippen LogP contribution in [0.1, 0.15) is 50.2 Å². The molecule has 2 aromatic carbocycles. The molecule has 1 aliphatic rings. The van der Waals surface area contributed by atoms with Gasteiger partial charge in [-0.1, -0.05) is 60.7 Å². The van der Waals surface area contributed by atoms with Crippen molar-refractivity contribution in [1.82, 2.24) is 10.2 Å². The highest BCUT2D eigenvalue weighted by molar-refractivity contribution is 7.99. The first-order chi connectivity index (χ1) is 15.8. The Kier molecular flexibility index (Phi) is 9.90. The molecular weight excluding hydrogens is 482 g/mol. The van der Waals surface area contributed by atoms with Gasteiger partial charge in [-0.05, 0) is 49.6 Å². The summed E-state index contributed by atoms with van der Waals surface area (Å²) >= 11 is 14.1. The molecule has 0 radical (unpaired) electrons. The number of thioether (sulfide) groups is 1. The van der Waals surface area contributed by atoms with Crippen molar-refractivity contribution in [3.63, 3.8) is 0 Å². The number of nitrogens with zero attached hydrogens (tertiary/aromatic N) is 1. The Morgan fingerprint density at radius 3 is 2.36 bits per heavy atom. The lowest BCUT2D eigenvalue weighted by atomic mass is 9.95. The van der Waals surface area contributed by atoms with Gasteiger partial charge in [0.15, 0.2) is 0 Å². The van der Waals surface area contributed by atoms with Crippen LogP contribution in [0.25, 0.3) is 0 Å². The highest BCUT2D eigenvalue weighted by Gasteiger charge is 2.29. The number of amides is 2. The zero-order valence-corrected chi connectivity index (χ0v) is 21.0. The lowest BCUT2D eigenvalue weighted by Crippen LogP contribution is -2.50. The van der Waals surface area contributed by atoms with Crippen molar-refractivity contribution in [3.05, 3.63) is 69.5 Å². The van der Waals surface area contributed by atoms with Gasteiger partial charge in [0, 0.05) is 33.9 Å². The van der Waals surface area contributed by atoms with E-state index < -0.39 is 6.04 Å². The quantitative estimate of drug-likeness (QED) is 0.434. The molecule has 1 fully saturated rings. The van der Waals surface area contributed by atoms with Gasteiger partial charge in [0.25, 0.3) is 0 Å². The Balaban J connectivity index is 1.69. The molecular formula is C25H29Cl2FN2O2S. The molecule has 0 aromatic heterocycles. The van der Waals surface area contributed by atoms with Crippen LogP contribution in [0.3, 0.4) is 0 Å². The summed E-state index contributed by atoms with van der Waals surface area (Å²) in [5.74, 6) is 0.113. The highest BCUT2D eigenvalue weighted by atomic mass is 35.5. The topological polar surface area (TPSA) is 49.4 Å². The molecule has 0 bridgehead atoms. The van der Waals surface area contributed by atoms with E-state index in [-0.39, 0.29) is 36.0 Å². The van der Waals surface area contributed by atoms with Gasteiger partial charge in [-0.2, -0.15) is 0 Å². The second-order valence-corrected chi connectivity index (χ2v) is 10.2. The van der Waals surface area contributed by atoms with Crippen LogP contribution in [0.5, 0.6) is 0 Å². The molecule has 1 unspecified atom stereocenters. The van der Waals surface area contributed by atoms with Gasteiger partial charge in [-0.15, -0.1) is 11.8 Å². The standard InChI is InChI=1S/C25H29Cl2FN2O2S/c1-17(25(32)29-20-6-3-2-4-7-20)30(14-21-22(26)8-5-9-23(21)27)24(31)16-33-15-18-10-12-19(28)13-11-18/h5,8-13,17,20H,2-4,6-7,14-16H2,1H3,(H,29,32). The van der Waals surface area contributed by atoms with Crippen molar-refractivity contribution in [1.29, 1.82) is 0 Å². The van der Waals surface area contributed by atoms with Crippen molar-refractivity contribution in [3.8, 4) is 0 Å². The minimum absolute atomic E-state index is 0.147. The van der Waals surface area contributed by atoms with E-state index in [9.17, 15) is 14.0 Å². The van der Waals surface area contributed by atoms with Gasteiger partial charge in [-0.3, -0.25) is 9.59 Å². The second-order valence-electron chi connectivity index (χ2n) is 8.36. The molecule has 1 aliphatic carbocycles. The average molecular weight is 511 g/mol. The minimum atomic E-state index is -0.668. The SMILES string of the molecule is CC(C(=O)NC1CCCCC1)N(Cc1c(Cl)cccc1Cl)C(=O)CSCc1ccc(F)cc1. The normalized spacial score (nSPS) is 15.2. The first-order valence-electron chi connectivity index (χ1n) is 11.2. The Hall–Kier alpha value is -1.76. The first-order valence-corrected chi connectivity index (χ1v) is 13.1. The molecule has 2 aromatic rings. The van der Waals surface area contributed by atoms with Crippen LogP contribution >= 0.6 is 35.0 Å². The number of carbonyl (C=O) groups excluding carboxylic acids is 2. The van der Waals surface area contributed by atoms with Crippen LogP contribution in [-0.4, -0.2) is 34.6 Å². The van der Waals surface area contributed by atoms with Crippen molar-refractivity contribution >= 4 is 46.8 Å². The summed E-state index contributed by atoms with van der Waals surface area (Å²) in [7, 11) is 0. The van der Waals surface area contributed by atoms with Gasteiger partial charge >= 0.3 is 0 Å². The van der Waals surface area contributed by atoms with Gasteiger partial charge in [-0.25, -0.2) is 4.39 Å². The van der Waals surface area contributed by atoms with Crippen molar-refractivity contribution in [2.75, 3.05) is 5.75 Å². The molecule has 1 saturated carbocycles. The van der Waals surface area contributed by atoms with Crippen LogP contribution < -0.4 is 5.32 Å². The zero-order chi connectivity index (χ0) is 23.8. The van der Waals surface area contributed by atoms with Crippen LogP contribution in [-0.2, 0) is 21.9 Å². The van der Waals surface area contributed by atoms with Gasteiger partial charge in [0.1, 0.15) is 11.9 Å². The van der Waals surface area contributed by atoms with Crippen molar-refractivity contribution in [2.24, 2.45) is 0 Å². The second kappa shape index (κ2) is 12.6. The summed E-state index contributed by atoms with van der Waals surface area (Å²) in [5.41, 5.74) is 1.55. The van der Waals surface area contributed by atoms with Gasteiger partial charge < -0.3 is 10.2 Å². The fraction of sp³-hybridized carbons (Fsp3) is 0.440. The van der Waals surface area contributed by atoms with Crippen LogP contribution in [0.15, 0.2) is 42.5 Å². The third-order valence-corrected chi connectivity index (χ3v) is 7.61. The van der Waals surface area contributed by atoms with Crippen LogP contribution in [0.4, 0.5) is 4.39 Å². The fourth-order valence-electron chi connectivity index (χ4n) is 3.92. The highest BCUT2D eigenvalue weighted by Crippen LogP contribution is 2.27. The van der Waals surface area contributed by atoms with Gasteiger partial charge in [0.05, 0.1) is 5.75 Å². The molecule has 1 atom stereocenters. The largest absolute Gasteiger partial charge is 0.352 e. The number of hydrogen-bond donors (Lipinski definition) is 1. The lowest BCUT2D eigenvalue weighted by Gasteiger charge is -2.31. The maximum Gasteiger partial charge on any atom is 0.242 e. The van der Waals surface area contributed by atoms with Crippen molar-refractivity contribution < 1.29 is 14.0 Å². The Morgan fingerprint density at radius 2 is 1.73 bits per heavy atom. The number of hydrogen-bond acceptors (Lipinski definition) is 3. The van der Waals surface area contributed by atoms with E-state index in [0.717, 1.165) is 31.2 Å². The molecule has 2 amide bonds. The number of rotatable bonds is 9. The Morgan fingerprint density at radius 1 is 1.09 bits per heavy atom. The smallest absolute Gasteiger partial charge is 0.242 e. The average Bonchev–Trinajstić information content (AvgIpc) is 2.80. The summed E-state index contributed by atoms with van der Waals surface area (Å²) in [6.45, 7) is 1.89. The zero-order valence-electron chi connectivity index (χ0n) is 18.7. The van der Waals surface area contributed by atoms with E-state index in [1.165, 1.54) is 30.3 Å². The predicted molar refractivity (Wildman–Crippen MR) is 134 cm³/mol. The molecule has 3 rings (SSSR count). The number of nitrogens with one attached hydrogen (secondary N) is 1. The predicted octanol–water partition coefficient (Wildman–Crippen LogP) is 6.23. The lowest BCUT2D eigenvalue weighted by molar-refractivity contribution is -0.139. The molecule has 1 N–H and O–H groups in total. The summed E-state index contributed by atoms with van der Waals surface area (Å²) in [4.78, 5) is 27.8. The van der Waals surface area contributed by atoms with Gasteiger partial charge in [0.2, 0.25) is 11.8 Å². The third kappa shape index (κ3) is 7.62. The Labute approximate surface area is 209 Å². The van der Waals surface area contributed by atoms with E-state index in [2.05, 4.69) is 5.32 Å². The van der Waals surface area contributed by atoms with Crippen molar-refractivity contribution in [2.45, 2.75) is 63.4 Å². The third-order valence-electron chi connectivity index (χ3n) is 5.92. The molecule has 0 saturated heterocycles. The molecule has 0 heterocycles. The monoisotopic (exact) mass is 510 g/mol. The molecule has 4 nitrogen and oxygen atoms in total. The fourth-order valence-corrected chi connectivity index (χ4v) is 5.31. The van der Waals surface area contributed by atoms with E-state index in [1.54, 1.807) is 42.2 Å². The Bertz CT molecular complexity index is 932. The van der Waals surface area contributed by atoms with E-state index in [0.29, 0.717) is 21.4 Å². The van der Waals surface area contributed by atoms with E-state index >= 15 is 0 Å².